The summed E-state index contributed by atoms with van der Waals surface area (Å²) in [6, 6.07) is 20.9. The van der Waals surface area contributed by atoms with E-state index in [1.165, 1.54) is 16.0 Å². The number of benzene rings is 3. The first-order chi connectivity index (χ1) is 15.1. The molecule has 0 saturated heterocycles. The van der Waals surface area contributed by atoms with Crippen molar-refractivity contribution in [1.29, 1.82) is 0 Å². The molecule has 0 heterocycles. The molecule has 0 radical (unpaired) electrons. The molecule has 0 aliphatic carbocycles. The predicted molar refractivity (Wildman–Crippen MR) is 129 cm³/mol. The highest BCUT2D eigenvalue weighted by Crippen LogP contribution is 2.31. The number of aryl methyl sites for hydroxylation is 1. The summed E-state index contributed by atoms with van der Waals surface area (Å²) in [4.78, 5) is 10.2. The lowest BCUT2D eigenvalue weighted by molar-refractivity contribution is -0.109. The molecule has 31 heavy (non-hydrogen) atoms. The summed E-state index contributed by atoms with van der Waals surface area (Å²) in [5.74, 6) is 6.12. The summed E-state index contributed by atoms with van der Waals surface area (Å²) in [6.07, 6.45) is 2.50. The molecule has 0 unspecified atom stereocenters. The first kappa shape index (κ1) is 24.1. The Hall–Kier alpha value is -3.16. The van der Waals surface area contributed by atoms with Gasteiger partial charge in [-0.05, 0) is 66.3 Å². The van der Waals surface area contributed by atoms with E-state index >= 15 is 0 Å². The van der Waals surface area contributed by atoms with Crippen molar-refractivity contribution in [2.75, 3.05) is 25.7 Å². The molecular weight excluding hydrogens is 410 g/mol. The van der Waals surface area contributed by atoms with Gasteiger partial charge in [-0.15, -0.1) is 11.8 Å². The molecule has 1 amide bonds. The third kappa shape index (κ3) is 6.67. The van der Waals surface area contributed by atoms with Gasteiger partial charge in [0, 0.05) is 17.6 Å². The zero-order valence-corrected chi connectivity index (χ0v) is 19.1. The molecule has 3 rings (SSSR count). The van der Waals surface area contributed by atoms with E-state index in [0.29, 0.717) is 13.0 Å². The monoisotopic (exact) mass is 439 g/mol. The normalized spacial score (nSPS) is 9.84. The van der Waals surface area contributed by atoms with Gasteiger partial charge in [0.25, 0.3) is 0 Å². The fourth-order valence-corrected chi connectivity index (χ4v) is 3.54. The molecule has 0 saturated carbocycles. The van der Waals surface area contributed by atoms with Crippen molar-refractivity contribution in [3.8, 4) is 22.6 Å². The molecule has 0 atom stereocenters. The number of nitrogens with two attached hydrogens (primary N) is 1. The van der Waals surface area contributed by atoms with Gasteiger partial charge < -0.3 is 14.8 Å². The van der Waals surface area contributed by atoms with Crippen LogP contribution in [0.2, 0.25) is 0 Å². The standard InChI is InChI=1S/C23H25NO2S.CH4N2O/c1-16-13-18(17-7-5-8-19(14-17)27-4)11-12-22(16)26-15-20-21(24-2)9-6-10-23(20)25-3;2-3-1-4/h5-14,24H,15H2,1-4H3;1H,2H2,(H,3,4). The molecule has 164 valence electrons. The van der Waals surface area contributed by atoms with Crippen LogP contribution in [-0.2, 0) is 11.4 Å². The van der Waals surface area contributed by atoms with Gasteiger partial charge in [0.15, 0.2) is 0 Å². The maximum Gasteiger partial charge on any atom is 0.221 e. The average molecular weight is 440 g/mol. The van der Waals surface area contributed by atoms with Crippen LogP contribution in [0.5, 0.6) is 11.5 Å². The number of hydrogen-bond acceptors (Lipinski definition) is 6. The van der Waals surface area contributed by atoms with E-state index in [9.17, 15) is 0 Å². The van der Waals surface area contributed by atoms with Crippen molar-refractivity contribution in [2.24, 2.45) is 5.84 Å². The Morgan fingerprint density at radius 1 is 1.03 bits per heavy atom. The third-order valence-corrected chi connectivity index (χ3v) is 5.37. The second kappa shape index (κ2) is 12.5. The van der Waals surface area contributed by atoms with Crippen LogP contribution < -0.4 is 26.1 Å². The van der Waals surface area contributed by atoms with Crippen molar-refractivity contribution in [2.45, 2.75) is 18.4 Å². The molecule has 4 N–H and O–H groups in total. The molecule has 0 aromatic heterocycles. The van der Waals surface area contributed by atoms with Gasteiger partial charge in [-0.25, -0.2) is 5.84 Å². The van der Waals surface area contributed by atoms with Crippen LogP contribution in [0.1, 0.15) is 11.1 Å². The topological polar surface area (TPSA) is 85.6 Å². The maximum atomic E-state index is 8.94. The van der Waals surface area contributed by atoms with Crippen LogP contribution in [0.15, 0.2) is 65.6 Å². The molecule has 7 heteroatoms. The molecule has 0 spiro atoms. The highest BCUT2D eigenvalue weighted by molar-refractivity contribution is 7.98. The van der Waals surface area contributed by atoms with Crippen LogP contribution in [0.25, 0.3) is 11.1 Å². The highest BCUT2D eigenvalue weighted by Gasteiger charge is 2.10. The van der Waals surface area contributed by atoms with Gasteiger partial charge >= 0.3 is 0 Å². The Morgan fingerprint density at radius 2 is 1.74 bits per heavy atom. The Labute approximate surface area is 188 Å². The van der Waals surface area contributed by atoms with Gasteiger partial charge in [0.05, 0.1) is 12.7 Å². The van der Waals surface area contributed by atoms with Crippen LogP contribution in [0.3, 0.4) is 0 Å². The first-order valence-electron chi connectivity index (χ1n) is 9.69. The van der Waals surface area contributed by atoms with Gasteiger partial charge in [0.1, 0.15) is 18.1 Å². The number of hydrogen-bond donors (Lipinski definition) is 3. The zero-order chi connectivity index (χ0) is 22.6. The number of nitrogens with one attached hydrogen (secondary N) is 2. The molecule has 0 aliphatic heterocycles. The van der Waals surface area contributed by atoms with Crippen LogP contribution in [0.4, 0.5) is 5.69 Å². The van der Waals surface area contributed by atoms with Crippen LogP contribution >= 0.6 is 11.8 Å². The summed E-state index contributed by atoms with van der Waals surface area (Å²) in [7, 11) is 3.59. The number of thioether (sulfide) groups is 1. The van der Waals surface area contributed by atoms with E-state index in [1.54, 1.807) is 24.3 Å². The fraction of sp³-hybridized carbons (Fsp3) is 0.208. The van der Waals surface area contributed by atoms with Crippen LogP contribution in [0, 0.1) is 6.92 Å². The van der Waals surface area contributed by atoms with Crippen molar-refractivity contribution >= 4 is 23.9 Å². The lowest BCUT2D eigenvalue weighted by atomic mass is 10.0. The number of ether oxygens (including phenoxy) is 2. The smallest absolute Gasteiger partial charge is 0.221 e. The summed E-state index contributed by atoms with van der Waals surface area (Å²) in [5, 5.41) is 3.20. The number of hydrazine groups is 1. The quantitative estimate of drug-likeness (QED) is 0.156. The van der Waals surface area contributed by atoms with E-state index < -0.39 is 0 Å². The Morgan fingerprint density at radius 3 is 2.35 bits per heavy atom. The third-order valence-electron chi connectivity index (χ3n) is 4.64. The lowest BCUT2D eigenvalue weighted by Gasteiger charge is -2.16. The predicted octanol–water partition coefficient (Wildman–Crippen LogP) is 4.62. The summed E-state index contributed by atoms with van der Waals surface area (Å²) >= 11 is 1.76. The molecule has 3 aromatic carbocycles. The zero-order valence-electron chi connectivity index (χ0n) is 18.3. The lowest BCUT2D eigenvalue weighted by Crippen LogP contribution is -2.18. The van der Waals surface area contributed by atoms with E-state index in [4.69, 9.17) is 14.3 Å². The van der Waals surface area contributed by atoms with Gasteiger partial charge in [0.2, 0.25) is 6.41 Å². The highest BCUT2D eigenvalue weighted by atomic mass is 32.2. The van der Waals surface area contributed by atoms with Crippen molar-refractivity contribution in [1.82, 2.24) is 5.43 Å². The van der Waals surface area contributed by atoms with E-state index in [1.807, 2.05) is 31.3 Å². The number of carbonyl (C=O) groups excluding carboxylic acids is 1. The summed E-state index contributed by atoms with van der Waals surface area (Å²) < 4.78 is 11.6. The number of carbonyl (C=O) groups is 1. The minimum Gasteiger partial charge on any atom is -0.496 e. The molecule has 0 fully saturated rings. The fourth-order valence-electron chi connectivity index (χ4n) is 3.08. The number of rotatable bonds is 8. The second-order valence-electron chi connectivity index (χ2n) is 6.52. The van der Waals surface area contributed by atoms with Crippen molar-refractivity contribution < 1.29 is 14.3 Å². The summed E-state index contributed by atoms with van der Waals surface area (Å²) in [6.45, 7) is 2.53. The Kier molecular flexibility index (Phi) is 9.74. The van der Waals surface area contributed by atoms with E-state index in [-0.39, 0.29) is 0 Å². The van der Waals surface area contributed by atoms with Crippen molar-refractivity contribution in [3.63, 3.8) is 0 Å². The molecule has 3 aromatic rings. The van der Waals surface area contributed by atoms with Gasteiger partial charge in [-0.3, -0.25) is 10.2 Å². The first-order valence-corrected chi connectivity index (χ1v) is 10.9. The molecular formula is C24H29N3O3S. The number of methoxy groups -OCH3 is 1. The maximum absolute atomic E-state index is 8.94. The Balaban J connectivity index is 0.000000785. The van der Waals surface area contributed by atoms with E-state index in [2.05, 4.69) is 60.7 Å². The number of anilines is 1. The van der Waals surface area contributed by atoms with Gasteiger partial charge in [-0.1, -0.05) is 24.3 Å². The minimum atomic E-state index is 0.403. The second-order valence-corrected chi connectivity index (χ2v) is 7.40. The Bertz CT molecular complexity index is 973. The molecule has 0 aliphatic rings. The summed E-state index contributed by atoms with van der Waals surface area (Å²) in [5.41, 5.74) is 7.31. The van der Waals surface area contributed by atoms with E-state index in [0.717, 1.165) is 28.3 Å². The minimum absolute atomic E-state index is 0.403. The van der Waals surface area contributed by atoms with Crippen LogP contribution in [-0.4, -0.2) is 26.8 Å². The molecule has 6 nitrogen and oxygen atoms in total. The largest absolute Gasteiger partial charge is 0.496 e. The van der Waals surface area contributed by atoms with Gasteiger partial charge in [-0.2, -0.15) is 0 Å². The SMILES string of the molecule is CNc1cccc(OC)c1COc1ccc(-c2cccc(SC)c2)cc1C.NNC=O. The van der Waals surface area contributed by atoms with Crippen molar-refractivity contribution in [3.05, 3.63) is 71.8 Å². The average Bonchev–Trinajstić information content (AvgIpc) is 2.83. The number of amides is 1. The molecule has 0 bridgehead atoms.